The van der Waals surface area contributed by atoms with Gasteiger partial charge in [0.1, 0.15) is 0 Å². The van der Waals surface area contributed by atoms with E-state index < -0.39 is 6.10 Å². The zero-order chi connectivity index (χ0) is 24.7. The number of likely N-dealkylation sites (tertiary alicyclic amines) is 1. The van der Waals surface area contributed by atoms with Gasteiger partial charge in [0.15, 0.2) is 0 Å². The van der Waals surface area contributed by atoms with Crippen LogP contribution in [0.1, 0.15) is 79.6 Å². The van der Waals surface area contributed by atoms with Gasteiger partial charge in [0.2, 0.25) is 0 Å². The van der Waals surface area contributed by atoms with Crippen molar-refractivity contribution in [1.82, 2.24) is 9.80 Å². The summed E-state index contributed by atoms with van der Waals surface area (Å²) in [6, 6.07) is 0.364. The number of aliphatic hydroxyl groups is 2. The Morgan fingerprint density at radius 2 is 1.68 bits per heavy atom. The van der Waals surface area contributed by atoms with Crippen LogP contribution in [-0.4, -0.2) is 70.9 Å². The number of nitrogens with zero attached hydrogens (tertiary/aromatic N) is 2. The molecule has 2 N–H and O–H groups in total. The van der Waals surface area contributed by atoms with Crippen LogP contribution in [0.15, 0.2) is 11.1 Å². The lowest BCUT2D eigenvalue weighted by atomic mass is 9.44. The third kappa shape index (κ3) is 3.32. The fourth-order valence-electron chi connectivity index (χ4n) is 9.93. The summed E-state index contributed by atoms with van der Waals surface area (Å²) in [6.07, 6.45) is 6.99. The van der Waals surface area contributed by atoms with Gasteiger partial charge in [-0.15, -0.1) is 0 Å². The van der Waals surface area contributed by atoms with Gasteiger partial charge in [0.05, 0.1) is 24.8 Å². The molecule has 0 spiro atoms. The predicted molar refractivity (Wildman–Crippen MR) is 135 cm³/mol. The van der Waals surface area contributed by atoms with E-state index in [0.29, 0.717) is 36.3 Å². The monoisotopic (exact) mass is 472 g/mol. The molecular weight excluding hydrogens is 424 g/mol. The highest BCUT2D eigenvalue weighted by Gasteiger charge is 2.64. The zero-order valence-electron chi connectivity index (χ0n) is 22.6. The molecule has 1 heterocycles. The van der Waals surface area contributed by atoms with Crippen LogP contribution in [0.25, 0.3) is 0 Å². The van der Waals surface area contributed by atoms with E-state index >= 15 is 0 Å². The number of rotatable bonds is 3. The molecule has 0 radical (unpaired) electrons. The van der Waals surface area contributed by atoms with Crippen molar-refractivity contribution in [2.75, 3.05) is 20.6 Å². The van der Waals surface area contributed by atoms with Crippen molar-refractivity contribution in [2.45, 2.75) is 104 Å². The Labute approximate surface area is 207 Å². The lowest BCUT2D eigenvalue weighted by molar-refractivity contribution is -0.173. The van der Waals surface area contributed by atoms with Crippen molar-refractivity contribution in [3.8, 4) is 0 Å². The van der Waals surface area contributed by atoms with Gasteiger partial charge in [-0.2, -0.15) is 0 Å². The van der Waals surface area contributed by atoms with Crippen LogP contribution in [-0.2, 0) is 4.79 Å². The van der Waals surface area contributed by atoms with Crippen molar-refractivity contribution < 1.29 is 15.0 Å². The Balaban J connectivity index is 1.36. The molecule has 0 aromatic rings. The van der Waals surface area contributed by atoms with E-state index in [-0.39, 0.29) is 34.8 Å². The van der Waals surface area contributed by atoms with Gasteiger partial charge in [-0.25, -0.2) is 0 Å². The summed E-state index contributed by atoms with van der Waals surface area (Å²) in [5.74, 6) is 2.63. The van der Waals surface area contributed by atoms with E-state index in [2.05, 4.69) is 39.8 Å². The van der Waals surface area contributed by atoms with Gasteiger partial charge >= 0.3 is 0 Å². The SMILES string of the molecule is CC(C)=C1CN([C@H]2CC[C@@]3(C)[C@H](CC[C@@H]4[C@H]5C[C@H](O)[C@H]([C@H](C)N(C)C)[C@@]5(C)CC[C@@H]43)[C@H]2O)C1=O. The van der Waals surface area contributed by atoms with Crippen LogP contribution in [0.4, 0.5) is 0 Å². The van der Waals surface area contributed by atoms with Gasteiger partial charge < -0.3 is 20.0 Å². The molecule has 5 nitrogen and oxygen atoms in total. The van der Waals surface area contributed by atoms with Crippen LogP contribution in [0.3, 0.4) is 0 Å². The number of aliphatic hydroxyl groups excluding tert-OH is 2. The first-order valence-corrected chi connectivity index (χ1v) is 13.9. The molecule has 1 aliphatic heterocycles. The molecule has 5 fully saturated rings. The molecule has 34 heavy (non-hydrogen) atoms. The number of fused-ring (bicyclic) bond motifs is 5. The smallest absolute Gasteiger partial charge is 0.252 e. The van der Waals surface area contributed by atoms with Crippen molar-refractivity contribution >= 4 is 5.91 Å². The molecule has 1 saturated heterocycles. The van der Waals surface area contributed by atoms with Crippen molar-refractivity contribution in [2.24, 2.45) is 40.4 Å². The molecule has 0 aromatic carbocycles. The van der Waals surface area contributed by atoms with E-state index in [9.17, 15) is 15.0 Å². The molecule has 192 valence electrons. The summed E-state index contributed by atoms with van der Waals surface area (Å²) >= 11 is 0. The first-order chi connectivity index (χ1) is 15.9. The molecule has 11 atom stereocenters. The van der Waals surface area contributed by atoms with Crippen LogP contribution >= 0.6 is 0 Å². The molecule has 5 heteroatoms. The van der Waals surface area contributed by atoms with E-state index in [4.69, 9.17) is 0 Å². The van der Waals surface area contributed by atoms with E-state index in [1.807, 2.05) is 18.7 Å². The summed E-state index contributed by atoms with van der Waals surface area (Å²) in [6.45, 7) is 12.0. The minimum Gasteiger partial charge on any atom is -0.393 e. The molecular formula is C29H48N2O3. The standard InChI is InChI=1S/C29H48N2O3/c1-16(2)19-15-31(27(19)34)23-11-13-28(4)20-10-12-29(5)22(18(20)8-9-21(28)26(23)33)14-24(32)25(29)17(3)30(6)7/h17-18,20-26,32-33H,8-15H2,1-7H3/t17-,18-,20-,21+,22+,23-,24-,25-,26+,28+,29-/m0/s1. The first-order valence-electron chi connectivity index (χ1n) is 13.9. The Hall–Kier alpha value is -0.910. The molecule has 0 aromatic heterocycles. The second kappa shape index (κ2) is 8.31. The summed E-state index contributed by atoms with van der Waals surface area (Å²) in [5.41, 5.74) is 2.40. The van der Waals surface area contributed by atoms with Crippen molar-refractivity contribution in [3.05, 3.63) is 11.1 Å². The minimum absolute atomic E-state index is 0.0160. The average molecular weight is 473 g/mol. The third-order valence-corrected chi connectivity index (χ3v) is 12.0. The van der Waals surface area contributed by atoms with Gasteiger partial charge in [-0.05, 0) is 114 Å². The highest BCUT2D eigenvalue weighted by atomic mass is 16.3. The van der Waals surface area contributed by atoms with Gasteiger partial charge in [-0.1, -0.05) is 19.4 Å². The molecule has 0 bridgehead atoms. The normalized spacial score (nSPS) is 49.3. The number of β-lactam (4-membered cyclic amide) rings is 1. The number of carbonyl (C=O) groups excluding carboxylic acids is 1. The largest absolute Gasteiger partial charge is 0.393 e. The highest BCUT2D eigenvalue weighted by Crippen LogP contribution is 2.68. The molecule has 0 unspecified atom stereocenters. The molecule has 4 saturated carbocycles. The molecule has 5 rings (SSSR count). The van der Waals surface area contributed by atoms with Crippen molar-refractivity contribution in [1.29, 1.82) is 0 Å². The summed E-state index contributed by atoms with van der Waals surface area (Å²) in [4.78, 5) is 17.0. The predicted octanol–water partition coefficient (Wildman–Crippen LogP) is 4.08. The topological polar surface area (TPSA) is 64.0 Å². The van der Waals surface area contributed by atoms with Crippen LogP contribution in [0, 0.1) is 40.4 Å². The maximum absolute atomic E-state index is 12.8. The van der Waals surface area contributed by atoms with Crippen LogP contribution in [0.2, 0.25) is 0 Å². The average Bonchev–Trinajstić information content (AvgIpc) is 3.03. The maximum Gasteiger partial charge on any atom is 0.252 e. The fraction of sp³-hybridized carbons (Fsp3) is 0.897. The summed E-state index contributed by atoms with van der Waals surface area (Å²) in [5, 5.41) is 22.8. The van der Waals surface area contributed by atoms with E-state index in [0.717, 1.165) is 43.3 Å². The number of carbonyl (C=O) groups is 1. The minimum atomic E-state index is -0.411. The molecule has 5 aliphatic rings. The maximum atomic E-state index is 12.8. The van der Waals surface area contributed by atoms with Crippen LogP contribution in [0.5, 0.6) is 0 Å². The van der Waals surface area contributed by atoms with Crippen molar-refractivity contribution in [3.63, 3.8) is 0 Å². The quantitative estimate of drug-likeness (QED) is 0.480. The van der Waals surface area contributed by atoms with E-state index in [1.165, 1.54) is 12.8 Å². The fourth-order valence-corrected chi connectivity index (χ4v) is 9.93. The number of hydrogen-bond donors (Lipinski definition) is 2. The molecule has 1 amide bonds. The second-order valence-corrected chi connectivity index (χ2v) is 13.7. The number of amides is 1. The summed E-state index contributed by atoms with van der Waals surface area (Å²) < 4.78 is 0. The van der Waals surface area contributed by atoms with Gasteiger partial charge in [-0.3, -0.25) is 4.79 Å². The Kier molecular flexibility index (Phi) is 6.06. The lowest BCUT2D eigenvalue weighted by Gasteiger charge is -2.63. The summed E-state index contributed by atoms with van der Waals surface area (Å²) in [7, 11) is 4.30. The van der Waals surface area contributed by atoms with E-state index in [1.54, 1.807) is 0 Å². The lowest BCUT2D eigenvalue weighted by Crippen LogP contribution is -2.64. The highest BCUT2D eigenvalue weighted by molar-refractivity contribution is 6.01. The Bertz CT molecular complexity index is 865. The Morgan fingerprint density at radius 1 is 1.00 bits per heavy atom. The number of allylic oxidation sites excluding steroid dienone is 1. The number of hydrogen-bond acceptors (Lipinski definition) is 4. The second-order valence-electron chi connectivity index (χ2n) is 13.7. The first kappa shape index (κ1) is 24.8. The van der Waals surface area contributed by atoms with Gasteiger partial charge in [0, 0.05) is 17.5 Å². The zero-order valence-corrected chi connectivity index (χ0v) is 22.6. The van der Waals surface area contributed by atoms with Crippen LogP contribution < -0.4 is 0 Å². The third-order valence-electron chi connectivity index (χ3n) is 12.0. The molecule has 4 aliphatic carbocycles. The Morgan fingerprint density at radius 3 is 2.29 bits per heavy atom. The van der Waals surface area contributed by atoms with Gasteiger partial charge in [0.25, 0.3) is 5.91 Å².